The highest BCUT2D eigenvalue weighted by atomic mass is 19.2. The number of fused-ring (bicyclic) bond motifs is 1. The molecular weight excluding hydrogens is 264 g/mol. The maximum atomic E-state index is 14.0. The summed E-state index contributed by atoms with van der Waals surface area (Å²) in [6.45, 7) is 0. The number of hydrogen-bond acceptors (Lipinski definition) is 2. The number of hydrogen-bond donors (Lipinski definition) is 1. The van der Waals surface area contributed by atoms with Gasteiger partial charge in [0.2, 0.25) is 0 Å². The minimum atomic E-state index is -2.20. The molecule has 20 heavy (non-hydrogen) atoms. The molecular formula is C15H11F2NO2. The van der Waals surface area contributed by atoms with E-state index in [0.29, 0.717) is 5.69 Å². The molecule has 1 heterocycles. The van der Waals surface area contributed by atoms with Crippen LogP contribution in [0.5, 0.6) is 0 Å². The van der Waals surface area contributed by atoms with Crippen molar-refractivity contribution in [2.75, 3.05) is 11.9 Å². The van der Waals surface area contributed by atoms with E-state index in [2.05, 4.69) is 0 Å². The van der Waals surface area contributed by atoms with Gasteiger partial charge in [0.25, 0.3) is 5.91 Å². The van der Waals surface area contributed by atoms with E-state index in [9.17, 15) is 18.7 Å². The third-order valence-corrected chi connectivity index (χ3v) is 3.61. The lowest BCUT2D eigenvalue weighted by Crippen LogP contribution is -2.40. The summed E-state index contributed by atoms with van der Waals surface area (Å²) >= 11 is 0. The summed E-state index contributed by atoms with van der Waals surface area (Å²) in [5, 5.41) is 10.8. The molecule has 3 nitrogen and oxygen atoms in total. The number of benzene rings is 2. The number of anilines is 1. The lowest BCUT2D eigenvalue weighted by molar-refractivity contribution is -0.132. The van der Waals surface area contributed by atoms with Gasteiger partial charge < -0.3 is 10.0 Å². The number of likely N-dealkylation sites (N-methyl/N-ethyl adjacent to an activating group) is 1. The Bertz CT molecular complexity index is 717. The molecule has 1 N–H and O–H groups in total. The van der Waals surface area contributed by atoms with Crippen LogP contribution < -0.4 is 4.90 Å². The van der Waals surface area contributed by atoms with E-state index in [4.69, 9.17) is 0 Å². The smallest absolute Gasteiger partial charge is 0.268 e. The first-order valence-electron chi connectivity index (χ1n) is 6.02. The summed E-state index contributed by atoms with van der Waals surface area (Å²) in [7, 11) is 1.48. The maximum Gasteiger partial charge on any atom is 0.268 e. The largest absolute Gasteiger partial charge is 0.372 e. The Morgan fingerprint density at radius 1 is 1.05 bits per heavy atom. The van der Waals surface area contributed by atoms with Gasteiger partial charge >= 0.3 is 0 Å². The monoisotopic (exact) mass is 275 g/mol. The molecule has 0 saturated carbocycles. The zero-order valence-corrected chi connectivity index (χ0v) is 10.6. The Labute approximate surface area is 114 Å². The van der Waals surface area contributed by atoms with Crippen LogP contribution in [0.4, 0.5) is 14.5 Å². The molecule has 102 valence electrons. The summed E-state index contributed by atoms with van der Waals surface area (Å²) in [6, 6.07) is 9.93. The van der Waals surface area contributed by atoms with Crippen molar-refractivity contribution < 1.29 is 18.7 Å². The van der Waals surface area contributed by atoms with Crippen molar-refractivity contribution in [1.29, 1.82) is 0 Å². The van der Waals surface area contributed by atoms with Crippen LogP contribution in [0.25, 0.3) is 0 Å². The fourth-order valence-corrected chi connectivity index (χ4v) is 2.58. The summed E-state index contributed by atoms with van der Waals surface area (Å²) in [5.74, 6) is -3.02. The third kappa shape index (κ3) is 1.44. The summed E-state index contributed by atoms with van der Waals surface area (Å²) < 4.78 is 27.4. The second-order valence-corrected chi connectivity index (χ2v) is 4.69. The van der Waals surface area contributed by atoms with Crippen LogP contribution in [0.1, 0.15) is 11.1 Å². The molecule has 1 aliphatic heterocycles. The van der Waals surface area contributed by atoms with Crippen LogP contribution in [-0.4, -0.2) is 18.1 Å². The summed E-state index contributed by atoms with van der Waals surface area (Å²) in [5.41, 5.74) is -1.85. The topological polar surface area (TPSA) is 40.5 Å². The van der Waals surface area contributed by atoms with Crippen LogP contribution >= 0.6 is 0 Å². The number of nitrogens with zero attached hydrogens (tertiary/aromatic N) is 1. The van der Waals surface area contributed by atoms with E-state index in [1.54, 1.807) is 18.2 Å². The van der Waals surface area contributed by atoms with Crippen LogP contribution in [0.3, 0.4) is 0 Å². The molecule has 0 aromatic heterocycles. The lowest BCUT2D eigenvalue weighted by atomic mass is 9.87. The highest BCUT2D eigenvalue weighted by molar-refractivity contribution is 6.08. The van der Waals surface area contributed by atoms with Gasteiger partial charge in [-0.15, -0.1) is 0 Å². The SMILES string of the molecule is CN1C(=O)C(O)(c2cccc(F)c2F)c2ccccc21. The van der Waals surface area contributed by atoms with E-state index in [0.717, 1.165) is 6.07 Å². The van der Waals surface area contributed by atoms with Crippen molar-refractivity contribution in [1.82, 2.24) is 0 Å². The zero-order chi connectivity index (χ0) is 14.5. The number of aliphatic hydroxyl groups is 1. The molecule has 0 spiro atoms. The normalized spacial score (nSPS) is 21.2. The van der Waals surface area contributed by atoms with E-state index in [1.165, 1.54) is 30.1 Å². The fourth-order valence-electron chi connectivity index (χ4n) is 2.58. The van der Waals surface area contributed by atoms with Crippen molar-refractivity contribution in [2.24, 2.45) is 0 Å². The number of carbonyl (C=O) groups excluding carboxylic acids is 1. The first-order chi connectivity index (χ1) is 9.48. The van der Waals surface area contributed by atoms with Gasteiger partial charge in [0.1, 0.15) is 0 Å². The predicted octanol–water partition coefficient (Wildman–Crippen LogP) is 2.18. The number of amides is 1. The van der Waals surface area contributed by atoms with Crippen LogP contribution in [0.15, 0.2) is 42.5 Å². The van der Waals surface area contributed by atoms with Crippen molar-refractivity contribution in [3.05, 3.63) is 65.2 Å². The minimum Gasteiger partial charge on any atom is -0.372 e. The standard InChI is InChI=1S/C15H11F2NO2/c1-18-12-8-3-2-5-9(12)15(20,14(18)19)10-6-4-7-11(16)13(10)17/h2-8,20H,1H3. The van der Waals surface area contributed by atoms with E-state index in [1.807, 2.05) is 0 Å². The zero-order valence-electron chi connectivity index (χ0n) is 10.6. The quantitative estimate of drug-likeness (QED) is 0.866. The van der Waals surface area contributed by atoms with Gasteiger partial charge in [-0.2, -0.15) is 0 Å². The third-order valence-electron chi connectivity index (χ3n) is 3.61. The van der Waals surface area contributed by atoms with Crippen molar-refractivity contribution in [3.8, 4) is 0 Å². The van der Waals surface area contributed by atoms with Gasteiger partial charge in [-0.1, -0.05) is 30.3 Å². The van der Waals surface area contributed by atoms with Crippen LogP contribution in [0.2, 0.25) is 0 Å². The molecule has 0 fully saturated rings. The molecule has 2 aromatic rings. The number of halogens is 2. The van der Waals surface area contributed by atoms with Crippen molar-refractivity contribution >= 4 is 11.6 Å². The van der Waals surface area contributed by atoms with Crippen molar-refractivity contribution in [3.63, 3.8) is 0 Å². The highest BCUT2D eigenvalue weighted by Crippen LogP contribution is 2.44. The van der Waals surface area contributed by atoms with Gasteiger partial charge in [0.15, 0.2) is 17.2 Å². The Morgan fingerprint density at radius 3 is 2.45 bits per heavy atom. The molecule has 1 atom stereocenters. The molecule has 0 radical (unpaired) electrons. The molecule has 1 amide bonds. The average molecular weight is 275 g/mol. The Kier molecular flexibility index (Phi) is 2.62. The van der Waals surface area contributed by atoms with Crippen LogP contribution in [-0.2, 0) is 10.4 Å². The Morgan fingerprint density at radius 2 is 1.70 bits per heavy atom. The molecule has 0 bridgehead atoms. The first kappa shape index (κ1) is 12.7. The van der Waals surface area contributed by atoms with Gasteiger partial charge in [-0.3, -0.25) is 4.79 Å². The van der Waals surface area contributed by atoms with Gasteiger partial charge in [0.05, 0.1) is 5.69 Å². The molecule has 1 unspecified atom stereocenters. The van der Waals surface area contributed by atoms with Crippen LogP contribution in [0, 0.1) is 11.6 Å². The van der Waals surface area contributed by atoms with Gasteiger partial charge in [0, 0.05) is 18.2 Å². The Hall–Kier alpha value is -2.27. The average Bonchev–Trinajstić information content (AvgIpc) is 2.65. The summed E-state index contributed by atoms with van der Waals surface area (Å²) in [6.07, 6.45) is 0. The lowest BCUT2D eigenvalue weighted by Gasteiger charge is -2.23. The minimum absolute atomic E-state index is 0.247. The number of carbonyl (C=O) groups is 1. The Balaban J connectivity index is 2.32. The van der Waals surface area contributed by atoms with E-state index in [-0.39, 0.29) is 11.1 Å². The molecule has 0 aliphatic carbocycles. The molecule has 1 aliphatic rings. The molecule has 2 aromatic carbocycles. The molecule has 0 saturated heterocycles. The van der Waals surface area contributed by atoms with Gasteiger partial charge in [-0.25, -0.2) is 8.78 Å². The first-order valence-corrected chi connectivity index (χ1v) is 6.02. The molecule has 3 rings (SSSR count). The summed E-state index contributed by atoms with van der Waals surface area (Å²) in [4.78, 5) is 13.6. The second-order valence-electron chi connectivity index (χ2n) is 4.69. The highest BCUT2D eigenvalue weighted by Gasteiger charge is 2.51. The van der Waals surface area contributed by atoms with Gasteiger partial charge in [-0.05, 0) is 12.1 Å². The van der Waals surface area contributed by atoms with Crippen molar-refractivity contribution in [2.45, 2.75) is 5.60 Å². The van der Waals surface area contributed by atoms with E-state index < -0.39 is 23.1 Å². The maximum absolute atomic E-state index is 14.0. The van der Waals surface area contributed by atoms with E-state index >= 15 is 0 Å². The fraction of sp³-hybridized carbons (Fsp3) is 0.133. The number of para-hydroxylation sites is 1. The molecule has 5 heteroatoms. The second kappa shape index (κ2) is 4.11. The predicted molar refractivity (Wildman–Crippen MR) is 69.2 cm³/mol. The number of rotatable bonds is 1.